The third kappa shape index (κ3) is 17.8. The lowest BCUT2D eigenvalue weighted by Crippen LogP contribution is -2.19. The van der Waals surface area contributed by atoms with Crippen molar-refractivity contribution in [1.29, 1.82) is 0 Å². The van der Waals surface area contributed by atoms with Crippen LogP contribution in [-0.2, 0) is 4.74 Å². The van der Waals surface area contributed by atoms with E-state index in [9.17, 15) is 0 Å². The maximum atomic E-state index is 8.84. The number of allylic oxidation sites excluding steroid dienone is 1. The molecule has 0 aromatic carbocycles. The van der Waals surface area contributed by atoms with Gasteiger partial charge >= 0.3 is 0 Å². The van der Waals surface area contributed by atoms with Gasteiger partial charge in [-0.1, -0.05) is 90.4 Å². The molecule has 0 aromatic heterocycles. The minimum Gasteiger partial charge on any atom is -0.494 e. The predicted molar refractivity (Wildman–Crippen MR) is 103 cm³/mol. The molecule has 144 valence electrons. The van der Waals surface area contributed by atoms with Crippen LogP contribution in [0, 0.1) is 0 Å². The van der Waals surface area contributed by atoms with E-state index < -0.39 is 6.10 Å². The Bertz CT molecular complexity index is 249. The Morgan fingerprint density at radius 2 is 1.08 bits per heavy atom. The number of hydrogen-bond donors (Lipinski definition) is 2. The van der Waals surface area contributed by atoms with E-state index in [1.54, 1.807) is 6.26 Å². The lowest BCUT2D eigenvalue weighted by molar-refractivity contribution is 0.0319. The molecule has 2 N–H and O–H groups in total. The summed E-state index contributed by atoms with van der Waals surface area (Å²) in [7, 11) is 0. The van der Waals surface area contributed by atoms with Crippen molar-refractivity contribution in [1.82, 2.24) is 0 Å². The lowest BCUT2D eigenvalue weighted by atomic mass is 10.0. The van der Waals surface area contributed by atoms with Crippen molar-refractivity contribution in [2.24, 2.45) is 0 Å². The molecule has 0 saturated heterocycles. The first-order valence-corrected chi connectivity index (χ1v) is 10.4. The molecule has 0 radical (unpaired) electrons. The zero-order valence-electron chi connectivity index (χ0n) is 16.1. The van der Waals surface area contributed by atoms with E-state index in [0.717, 1.165) is 6.42 Å². The lowest BCUT2D eigenvalue weighted by Gasteiger charge is -2.09. The zero-order valence-corrected chi connectivity index (χ0v) is 16.1. The summed E-state index contributed by atoms with van der Waals surface area (Å²) in [6.45, 7) is 2.00. The number of rotatable bonds is 19. The highest BCUT2D eigenvalue weighted by Gasteiger charge is 2.02. The number of hydrogen-bond acceptors (Lipinski definition) is 3. The SMILES string of the molecule is CCCCCCCCCCCCCCCCC=COC(CO)CO. The normalized spacial score (nSPS) is 11.7. The molecule has 3 heteroatoms. The maximum absolute atomic E-state index is 8.84. The monoisotopic (exact) mass is 342 g/mol. The van der Waals surface area contributed by atoms with Gasteiger partial charge in [-0.15, -0.1) is 0 Å². The molecule has 0 saturated carbocycles. The third-order valence-electron chi connectivity index (χ3n) is 4.50. The molecule has 0 unspecified atom stereocenters. The van der Waals surface area contributed by atoms with Crippen molar-refractivity contribution in [2.75, 3.05) is 13.2 Å². The van der Waals surface area contributed by atoms with E-state index in [2.05, 4.69) is 6.92 Å². The average Bonchev–Trinajstić information content (AvgIpc) is 2.61. The van der Waals surface area contributed by atoms with Gasteiger partial charge in [0.1, 0.15) is 6.10 Å². The molecule has 0 rings (SSSR count). The smallest absolute Gasteiger partial charge is 0.144 e. The molecule has 0 fully saturated rings. The first kappa shape index (κ1) is 23.5. The first-order chi connectivity index (χ1) is 11.8. The molecule has 0 spiro atoms. The Morgan fingerprint density at radius 1 is 0.667 bits per heavy atom. The van der Waals surface area contributed by atoms with E-state index in [4.69, 9.17) is 14.9 Å². The Hall–Kier alpha value is -0.540. The topological polar surface area (TPSA) is 49.7 Å². The summed E-state index contributed by atoms with van der Waals surface area (Å²) in [5.74, 6) is 0. The van der Waals surface area contributed by atoms with Crippen LogP contribution in [0.1, 0.15) is 103 Å². The summed E-state index contributed by atoms with van der Waals surface area (Å²) in [4.78, 5) is 0. The standard InChI is InChI=1S/C21H42O3/c1-2-3-4-5-6-7-8-9-10-11-12-13-14-15-16-17-18-24-21(19-22)20-23/h17-18,21-23H,2-16,19-20H2,1H3. The highest BCUT2D eigenvalue weighted by atomic mass is 16.5. The Morgan fingerprint density at radius 3 is 1.50 bits per heavy atom. The van der Waals surface area contributed by atoms with Crippen LogP contribution in [0.25, 0.3) is 0 Å². The molecule has 0 atom stereocenters. The zero-order chi connectivity index (χ0) is 17.7. The Kier molecular flexibility index (Phi) is 20.0. The molecule has 0 bridgehead atoms. The molecule has 0 amide bonds. The van der Waals surface area contributed by atoms with Crippen molar-refractivity contribution in [3.63, 3.8) is 0 Å². The van der Waals surface area contributed by atoms with Crippen molar-refractivity contribution < 1.29 is 14.9 Å². The average molecular weight is 343 g/mol. The van der Waals surface area contributed by atoms with Crippen LogP contribution < -0.4 is 0 Å². The van der Waals surface area contributed by atoms with Gasteiger partial charge in [0.2, 0.25) is 0 Å². The number of unbranched alkanes of at least 4 members (excludes halogenated alkanes) is 14. The van der Waals surface area contributed by atoms with Crippen LogP contribution >= 0.6 is 0 Å². The molecular weight excluding hydrogens is 300 g/mol. The fourth-order valence-electron chi connectivity index (χ4n) is 2.84. The van der Waals surface area contributed by atoms with E-state index in [0.29, 0.717) is 0 Å². The summed E-state index contributed by atoms with van der Waals surface area (Å²) in [5.41, 5.74) is 0. The van der Waals surface area contributed by atoms with Gasteiger partial charge < -0.3 is 14.9 Å². The Labute approximate surface area is 150 Å². The van der Waals surface area contributed by atoms with Crippen molar-refractivity contribution >= 4 is 0 Å². The van der Waals surface area contributed by atoms with Gasteiger partial charge in [-0.05, 0) is 18.9 Å². The molecule has 0 aliphatic heterocycles. The fourth-order valence-corrected chi connectivity index (χ4v) is 2.84. The summed E-state index contributed by atoms with van der Waals surface area (Å²) < 4.78 is 5.18. The molecule has 0 aromatic rings. The summed E-state index contributed by atoms with van der Waals surface area (Å²) >= 11 is 0. The van der Waals surface area contributed by atoms with Crippen LogP contribution in [0.5, 0.6) is 0 Å². The summed E-state index contributed by atoms with van der Waals surface area (Å²) in [6, 6.07) is 0. The minimum absolute atomic E-state index is 0.139. The molecule has 3 nitrogen and oxygen atoms in total. The number of aliphatic hydroxyl groups is 2. The summed E-state index contributed by atoms with van der Waals surface area (Å²) in [5, 5.41) is 17.7. The molecule has 0 aliphatic rings. The van der Waals surface area contributed by atoms with Gasteiger partial charge in [0.25, 0.3) is 0 Å². The Balaban J connectivity index is 3.11. The predicted octanol–water partition coefficient (Wildman–Crippen LogP) is 5.74. The quantitative estimate of drug-likeness (QED) is 0.232. The minimum atomic E-state index is -0.474. The summed E-state index contributed by atoms with van der Waals surface area (Å²) in [6.07, 6.45) is 23.5. The molecule has 0 aliphatic carbocycles. The van der Waals surface area contributed by atoms with Crippen LogP contribution in [0.3, 0.4) is 0 Å². The largest absolute Gasteiger partial charge is 0.494 e. The van der Waals surface area contributed by atoms with Crippen molar-refractivity contribution in [3.05, 3.63) is 12.3 Å². The second kappa shape index (κ2) is 20.5. The van der Waals surface area contributed by atoms with Gasteiger partial charge in [0, 0.05) is 0 Å². The molecule has 0 heterocycles. The van der Waals surface area contributed by atoms with Crippen molar-refractivity contribution in [3.8, 4) is 0 Å². The second-order valence-electron chi connectivity index (χ2n) is 6.88. The number of ether oxygens (including phenoxy) is 1. The van der Waals surface area contributed by atoms with E-state index >= 15 is 0 Å². The van der Waals surface area contributed by atoms with Crippen LogP contribution in [0.4, 0.5) is 0 Å². The first-order valence-electron chi connectivity index (χ1n) is 10.4. The van der Waals surface area contributed by atoms with Crippen LogP contribution in [0.2, 0.25) is 0 Å². The third-order valence-corrected chi connectivity index (χ3v) is 4.50. The van der Waals surface area contributed by atoms with Crippen LogP contribution in [0.15, 0.2) is 12.3 Å². The van der Waals surface area contributed by atoms with Crippen LogP contribution in [-0.4, -0.2) is 29.5 Å². The van der Waals surface area contributed by atoms with E-state index in [1.807, 2.05) is 6.08 Å². The van der Waals surface area contributed by atoms with Gasteiger partial charge in [-0.25, -0.2) is 0 Å². The second-order valence-corrected chi connectivity index (χ2v) is 6.88. The molecule has 24 heavy (non-hydrogen) atoms. The highest BCUT2D eigenvalue weighted by Crippen LogP contribution is 2.13. The highest BCUT2D eigenvalue weighted by molar-refractivity contribution is 4.74. The maximum Gasteiger partial charge on any atom is 0.144 e. The van der Waals surface area contributed by atoms with Crippen molar-refractivity contribution in [2.45, 2.75) is 109 Å². The molecular formula is C21H42O3. The van der Waals surface area contributed by atoms with E-state index in [1.165, 1.54) is 89.9 Å². The number of aliphatic hydroxyl groups excluding tert-OH is 2. The fraction of sp³-hybridized carbons (Fsp3) is 0.905. The van der Waals surface area contributed by atoms with Gasteiger partial charge in [0.15, 0.2) is 0 Å². The van der Waals surface area contributed by atoms with E-state index in [-0.39, 0.29) is 13.2 Å². The van der Waals surface area contributed by atoms with Gasteiger partial charge in [-0.2, -0.15) is 0 Å². The van der Waals surface area contributed by atoms with Gasteiger partial charge in [-0.3, -0.25) is 0 Å². The van der Waals surface area contributed by atoms with Gasteiger partial charge in [0.05, 0.1) is 19.5 Å².